The van der Waals surface area contributed by atoms with E-state index in [4.69, 9.17) is 0 Å². The lowest BCUT2D eigenvalue weighted by Crippen LogP contribution is -2.52. The summed E-state index contributed by atoms with van der Waals surface area (Å²) < 4.78 is 0. The minimum Gasteiger partial charge on any atom is -0.365 e. The lowest BCUT2D eigenvalue weighted by atomic mass is 10.2. The first kappa shape index (κ1) is 18.3. The molecule has 6 heteroatoms. The smallest absolute Gasteiger partial charge is 0.242 e. The molecule has 2 amide bonds. The molecule has 0 spiro atoms. The predicted molar refractivity (Wildman–Crippen MR) is 96.0 cm³/mol. The van der Waals surface area contributed by atoms with Crippen LogP contribution in [-0.2, 0) is 9.59 Å². The molecular formula is C18H28N4O2. The number of anilines is 1. The van der Waals surface area contributed by atoms with E-state index in [0.29, 0.717) is 26.2 Å². The first-order chi connectivity index (χ1) is 11.6. The van der Waals surface area contributed by atoms with Crippen molar-refractivity contribution in [2.24, 2.45) is 0 Å². The van der Waals surface area contributed by atoms with Gasteiger partial charge in [-0.25, -0.2) is 0 Å². The molecule has 1 heterocycles. The Morgan fingerprint density at radius 2 is 1.79 bits per heavy atom. The van der Waals surface area contributed by atoms with E-state index in [0.717, 1.165) is 31.7 Å². The minimum atomic E-state index is 0.0698. The summed E-state index contributed by atoms with van der Waals surface area (Å²) in [6.07, 6.45) is 0.947. The molecule has 24 heavy (non-hydrogen) atoms. The van der Waals surface area contributed by atoms with Gasteiger partial charge in [-0.3, -0.25) is 14.5 Å². The molecule has 6 nitrogen and oxygen atoms in total. The number of hydrogen-bond donors (Lipinski definition) is 1. The maximum Gasteiger partial charge on any atom is 0.242 e. The highest BCUT2D eigenvalue weighted by Gasteiger charge is 2.23. The average molecular weight is 332 g/mol. The summed E-state index contributed by atoms with van der Waals surface area (Å²) in [5, 5.41) is 2.89. The van der Waals surface area contributed by atoms with Crippen molar-refractivity contribution in [3.8, 4) is 0 Å². The van der Waals surface area contributed by atoms with E-state index in [1.54, 1.807) is 0 Å². The normalized spacial score (nSPS) is 15.2. The van der Waals surface area contributed by atoms with Gasteiger partial charge >= 0.3 is 0 Å². The molecule has 1 N–H and O–H groups in total. The van der Waals surface area contributed by atoms with E-state index >= 15 is 0 Å². The van der Waals surface area contributed by atoms with Crippen molar-refractivity contribution in [3.63, 3.8) is 0 Å². The Morgan fingerprint density at radius 3 is 2.42 bits per heavy atom. The molecule has 0 bridgehead atoms. The van der Waals surface area contributed by atoms with Crippen LogP contribution >= 0.6 is 0 Å². The number of hydrogen-bond acceptors (Lipinski definition) is 4. The second-order valence-electron chi connectivity index (χ2n) is 6.20. The van der Waals surface area contributed by atoms with Crippen LogP contribution in [0, 0.1) is 0 Å². The molecule has 0 atom stereocenters. The molecule has 0 aliphatic carbocycles. The summed E-state index contributed by atoms with van der Waals surface area (Å²) in [4.78, 5) is 30.1. The second kappa shape index (κ2) is 9.27. The first-order valence-electron chi connectivity index (χ1n) is 8.63. The molecule has 0 radical (unpaired) electrons. The van der Waals surface area contributed by atoms with Crippen molar-refractivity contribution in [3.05, 3.63) is 30.3 Å². The second-order valence-corrected chi connectivity index (χ2v) is 6.20. The molecule has 1 aliphatic heterocycles. The van der Waals surface area contributed by atoms with Crippen LogP contribution in [0.5, 0.6) is 0 Å². The van der Waals surface area contributed by atoms with Crippen LogP contribution < -0.4 is 10.2 Å². The largest absolute Gasteiger partial charge is 0.365 e. The summed E-state index contributed by atoms with van der Waals surface area (Å²) in [5.41, 5.74) is 1.04. The summed E-state index contributed by atoms with van der Waals surface area (Å²) in [6, 6.07) is 9.91. The van der Waals surface area contributed by atoms with Crippen molar-refractivity contribution in [2.45, 2.75) is 13.3 Å². The van der Waals surface area contributed by atoms with Crippen molar-refractivity contribution < 1.29 is 9.59 Å². The standard InChI is InChI=1S/C18H28N4O2/c1-3-9-19-17(23)14-21-10-12-22(13-11-21)18(24)15-20(2)16-7-5-4-6-8-16/h4-8H,3,9-15H2,1-2H3,(H,19,23). The van der Waals surface area contributed by atoms with Gasteiger partial charge in [0.15, 0.2) is 0 Å². The molecule has 132 valence electrons. The maximum absolute atomic E-state index is 12.4. The number of amides is 2. The third kappa shape index (κ3) is 5.53. The summed E-state index contributed by atoms with van der Waals surface area (Å²) in [6.45, 7) is 6.43. The topological polar surface area (TPSA) is 55.9 Å². The molecule has 2 rings (SSSR count). The van der Waals surface area contributed by atoms with Gasteiger partial charge < -0.3 is 15.1 Å². The number of piperazine rings is 1. The van der Waals surface area contributed by atoms with Crippen LogP contribution in [-0.4, -0.2) is 74.5 Å². The quantitative estimate of drug-likeness (QED) is 0.802. The van der Waals surface area contributed by atoms with Crippen molar-refractivity contribution >= 4 is 17.5 Å². The fourth-order valence-corrected chi connectivity index (χ4v) is 2.76. The fraction of sp³-hybridized carbons (Fsp3) is 0.556. The third-order valence-electron chi connectivity index (χ3n) is 4.23. The van der Waals surface area contributed by atoms with E-state index in [-0.39, 0.29) is 11.8 Å². The molecule has 0 aromatic heterocycles. The number of nitrogens with one attached hydrogen (secondary N) is 1. The number of carbonyl (C=O) groups excluding carboxylic acids is 2. The number of likely N-dealkylation sites (N-methyl/N-ethyl adjacent to an activating group) is 1. The lowest BCUT2D eigenvalue weighted by Gasteiger charge is -2.35. The Hall–Kier alpha value is -2.08. The Labute approximate surface area is 144 Å². The van der Waals surface area contributed by atoms with E-state index in [1.807, 2.05) is 54.1 Å². The monoisotopic (exact) mass is 332 g/mol. The van der Waals surface area contributed by atoms with Crippen LogP contribution in [0.25, 0.3) is 0 Å². The van der Waals surface area contributed by atoms with Gasteiger partial charge in [-0.15, -0.1) is 0 Å². The summed E-state index contributed by atoms with van der Waals surface area (Å²) in [7, 11) is 1.93. The van der Waals surface area contributed by atoms with Gasteiger partial charge in [0.1, 0.15) is 0 Å². The average Bonchev–Trinajstić information content (AvgIpc) is 2.61. The Kier molecular flexibility index (Phi) is 7.06. The third-order valence-corrected chi connectivity index (χ3v) is 4.23. The van der Waals surface area contributed by atoms with Crippen molar-refractivity contribution in [1.82, 2.24) is 15.1 Å². The molecular weight excluding hydrogens is 304 g/mol. The first-order valence-corrected chi connectivity index (χ1v) is 8.63. The fourth-order valence-electron chi connectivity index (χ4n) is 2.76. The van der Waals surface area contributed by atoms with Crippen molar-refractivity contribution in [2.75, 3.05) is 57.8 Å². The Morgan fingerprint density at radius 1 is 1.12 bits per heavy atom. The van der Waals surface area contributed by atoms with E-state index in [9.17, 15) is 9.59 Å². The van der Waals surface area contributed by atoms with Crippen LogP contribution in [0.15, 0.2) is 30.3 Å². The van der Waals surface area contributed by atoms with E-state index in [2.05, 4.69) is 10.2 Å². The zero-order chi connectivity index (χ0) is 17.4. The van der Waals surface area contributed by atoms with Crippen LogP contribution in [0.2, 0.25) is 0 Å². The molecule has 0 unspecified atom stereocenters. The highest BCUT2D eigenvalue weighted by molar-refractivity contribution is 5.81. The molecule has 1 aromatic rings. The van der Waals surface area contributed by atoms with Gasteiger partial charge in [0, 0.05) is 45.5 Å². The summed E-state index contributed by atoms with van der Waals surface area (Å²) in [5.74, 6) is 0.205. The van der Waals surface area contributed by atoms with Gasteiger partial charge in [0.25, 0.3) is 0 Å². The van der Waals surface area contributed by atoms with Gasteiger partial charge in [0.05, 0.1) is 13.1 Å². The highest BCUT2D eigenvalue weighted by Crippen LogP contribution is 2.11. The molecule has 1 aliphatic rings. The molecule has 0 saturated carbocycles. The van der Waals surface area contributed by atoms with Gasteiger partial charge in [-0.05, 0) is 18.6 Å². The molecule has 1 fully saturated rings. The zero-order valence-electron chi connectivity index (χ0n) is 14.7. The molecule has 1 aromatic carbocycles. The predicted octanol–water partition coefficient (Wildman–Crippen LogP) is 0.793. The van der Waals surface area contributed by atoms with E-state index < -0.39 is 0 Å². The number of para-hydroxylation sites is 1. The van der Waals surface area contributed by atoms with Gasteiger partial charge in [-0.1, -0.05) is 25.1 Å². The van der Waals surface area contributed by atoms with Crippen LogP contribution in [0.1, 0.15) is 13.3 Å². The number of rotatable bonds is 7. The lowest BCUT2D eigenvalue weighted by molar-refractivity contribution is -0.131. The SMILES string of the molecule is CCCNC(=O)CN1CCN(C(=O)CN(C)c2ccccc2)CC1. The van der Waals surface area contributed by atoms with Gasteiger partial charge in [-0.2, -0.15) is 0 Å². The minimum absolute atomic E-state index is 0.0698. The Bertz CT molecular complexity index is 527. The van der Waals surface area contributed by atoms with Crippen LogP contribution in [0.4, 0.5) is 5.69 Å². The zero-order valence-corrected chi connectivity index (χ0v) is 14.7. The van der Waals surface area contributed by atoms with Crippen LogP contribution in [0.3, 0.4) is 0 Å². The Balaban J connectivity index is 1.73. The maximum atomic E-state index is 12.4. The van der Waals surface area contributed by atoms with Crippen molar-refractivity contribution in [1.29, 1.82) is 0 Å². The molecule has 1 saturated heterocycles. The van der Waals surface area contributed by atoms with Gasteiger partial charge in [0.2, 0.25) is 11.8 Å². The number of nitrogens with zero attached hydrogens (tertiary/aromatic N) is 3. The number of carbonyl (C=O) groups is 2. The summed E-state index contributed by atoms with van der Waals surface area (Å²) >= 11 is 0. The highest BCUT2D eigenvalue weighted by atomic mass is 16.2. The number of benzene rings is 1. The van der Waals surface area contributed by atoms with E-state index in [1.165, 1.54) is 0 Å².